The highest BCUT2D eigenvalue weighted by atomic mass is 16.2. The van der Waals surface area contributed by atoms with Crippen LogP contribution in [-0.4, -0.2) is 37.0 Å². The molecule has 1 aliphatic rings. The molecular formula is C18H22N2O. The summed E-state index contributed by atoms with van der Waals surface area (Å²) in [5.74, 6) is 0.154. The van der Waals surface area contributed by atoms with Crippen LogP contribution in [0.2, 0.25) is 0 Å². The first-order valence-corrected chi connectivity index (χ1v) is 7.82. The van der Waals surface area contributed by atoms with Crippen LogP contribution in [0.5, 0.6) is 0 Å². The fraction of sp³-hybridized carbons (Fsp3) is 0.389. The average Bonchev–Trinajstić information content (AvgIpc) is 2.79. The molecule has 1 heterocycles. The predicted molar refractivity (Wildman–Crippen MR) is 88.0 cm³/mol. The van der Waals surface area contributed by atoms with Gasteiger partial charge in [0.15, 0.2) is 0 Å². The van der Waals surface area contributed by atoms with Gasteiger partial charge in [-0.1, -0.05) is 38.1 Å². The van der Waals surface area contributed by atoms with Crippen molar-refractivity contribution in [2.75, 3.05) is 31.1 Å². The zero-order chi connectivity index (χ0) is 14.8. The zero-order valence-corrected chi connectivity index (χ0v) is 12.8. The number of nitrogens with zero attached hydrogens (tertiary/aromatic N) is 2. The average molecular weight is 282 g/mol. The second-order valence-corrected chi connectivity index (χ2v) is 5.52. The molecule has 0 radical (unpaired) electrons. The van der Waals surface area contributed by atoms with Crippen LogP contribution in [0.4, 0.5) is 5.69 Å². The molecule has 21 heavy (non-hydrogen) atoms. The van der Waals surface area contributed by atoms with Crippen molar-refractivity contribution in [3.63, 3.8) is 0 Å². The Bertz CT molecular complexity index is 656. The van der Waals surface area contributed by atoms with E-state index in [-0.39, 0.29) is 5.91 Å². The number of carbonyl (C=O) groups excluding carboxylic acids is 1. The maximum atomic E-state index is 12.6. The number of anilines is 1. The fourth-order valence-corrected chi connectivity index (χ4v) is 3.19. The van der Waals surface area contributed by atoms with Crippen molar-refractivity contribution in [2.45, 2.75) is 20.3 Å². The Hall–Kier alpha value is -1.87. The van der Waals surface area contributed by atoms with Gasteiger partial charge in [0.1, 0.15) is 0 Å². The Morgan fingerprint density at radius 1 is 1.05 bits per heavy atom. The van der Waals surface area contributed by atoms with Crippen molar-refractivity contribution in [1.29, 1.82) is 0 Å². The molecule has 2 aromatic carbocycles. The molecule has 0 aromatic heterocycles. The number of hydrogen-bond acceptors (Lipinski definition) is 2. The lowest BCUT2D eigenvalue weighted by Crippen LogP contribution is -2.31. The van der Waals surface area contributed by atoms with E-state index in [1.165, 1.54) is 0 Å². The quantitative estimate of drug-likeness (QED) is 0.809. The summed E-state index contributed by atoms with van der Waals surface area (Å²) in [4.78, 5) is 16.9. The first-order chi connectivity index (χ1) is 10.3. The molecule has 0 unspecified atom stereocenters. The van der Waals surface area contributed by atoms with E-state index in [1.54, 1.807) is 0 Å². The Balaban J connectivity index is 1.80. The maximum absolute atomic E-state index is 12.6. The van der Waals surface area contributed by atoms with Crippen LogP contribution in [-0.2, 0) is 0 Å². The number of carbonyl (C=O) groups is 1. The molecule has 1 aliphatic heterocycles. The highest BCUT2D eigenvalue weighted by molar-refractivity contribution is 6.24. The van der Waals surface area contributed by atoms with Gasteiger partial charge in [0.05, 0.1) is 5.69 Å². The Morgan fingerprint density at radius 3 is 2.48 bits per heavy atom. The topological polar surface area (TPSA) is 23.6 Å². The smallest absolute Gasteiger partial charge is 0.258 e. The monoisotopic (exact) mass is 282 g/mol. The number of rotatable bonds is 6. The standard InChI is InChI=1S/C18H22N2O/c1-3-19(4-2)12-7-13-20-16-11-6-9-14-8-5-10-15(17(14)16)18(20)21/h5-6,8-11H,3-4,7,12-13H2,1-2H3. The van der Waals surface area contributed by atoms with Gasteiger partial charge >= 0.3 is 0 Å². The van der Waals surface area contributed by atoms with Crippen molar-refractivity contribution in [1.82, 2.24) is 4.90 Å². The third kappa shape index (κ3) is 2.42. The van der Waals surface area contributed by atoms with Crippen LogP contribution in [0.3, 0.4) is 0 Å². The summed E-state index contributed by atoms with van der Waals surface area (Å²) in [5, 5.41) is 2.28. The van der Waals surface area contributed by atoms with Crippen molar-refractivity contribution in [3.8, 4) is 0 Å². The molecule has 0 spiro atoms. The van der Waals surface area contributed by atoms with E-state index in [2.05, 4.69) is 36.9 Å². The van der Waals surface area contributed by atoms with Crippen LogP contribution in [0, 0.1) is 0 Å². The van der Waals surface area contributed by atoms with Gasteiger partial charge in [0.25, 0.3) is 5.91 Å². The molecule has 0 saturated carbocycles. The molecule has 0 bridgehead atoms. The molecule has 3 nitrogen and oxygen atoms in total. The lowest BCUT2D eigenvalue weighted by Gasteiger charge is -2.21. The minimum absolute atomic E-state index is 0.154. The summed E-state index contributed by atoms with van der Waals surface area (Å²) in [5.41, 5.74) is 1.93. The molecule has 0 N–H and O–H groups in total. The second kappa shape index (κ2) is 5.86. The van der Waals surface area contributed by atoms with E-state index in [1.807, 2.05) is 23.1 Å². The Kier molecular flexibility index (Phi) is 3.93. The van der Waals surface area contributed by atoms with E-state index in [4.69, 9.17) is 0 Å². The first kappa shape index (κ1) is 14.1. The Labute approximate surface area is 126 Å². The van der Waals surface area contributed by atoms with Gasteiger partial charge in [-0.3, -0.25) is 4.79 Å². The summed E-state index contributed by atoms with van der Waals surface area (Å²) >= 11 is 0. The molecule has 0 aliphatic carbocycles. The van der Waals surface area contributed by atoms with Gasteiger partial charge in [0.2, 0.25) is 0 Å². The maximum Gasteiger partial charge on any atom is 0.258 e. The number of hydrogen-bond donors (Lipinski definition) is 0. The van der Waals surface area contributed by atoms with Crippen LogP contribution < -0.4 is 4.90 Å². The van der Waals surface area contributed by atoms with Crippen LogP contribution in [0.15, 0.2) is 36.4 Å². The van der Waals surface area contributed by atoms with Gasteiger partial charge in [-0.05, 0) is 43.6 Å². The van der Waals surface area contributed by atoms with E-state index in [9.17, 15) is 4.79 Å². The molecule has 110 valence electrons. The minimum atomic E-state index is 0.154. The van der Waals surface area contributed by atoms with Gasteiger partial charge < -0.3 is 9.80 Å². The lowest BCUT2D eigenvalue weighted by atomic mass is 10.1. The van der Waals surface area contributed by atoms with E-state index < -0.39 is 0 Å². The highest BCUT2D eigenvalue weighted by Crippen LogP contribution is 2.37. The molecule has 0 saturated heterocycles. The number of benzene rings is 2. The summed E-state index contributed by atoms with van der Waals surface area (Å²) in [6.07, 6.45) is 1.01. The van der Waals surface area contributed by atoms with E-state index in [0.717, 1.165) is 54.6 Å². The van der Waals surface area contributed by atoms with E-state index in [0.29, 0.717) is 0 Å². The van der Waals surface area contributed by atoms with E-state index >= 15 is 0 Å². The van der Waals surface area contributed by atoms with Crippen LogP contribution in [0.1, 0.15) is 30.6 Å². The minimum Gasteiger partial charge on any atom is -0.308 e. The normalized spacial score (nSPS) is 13.7. The van der Waals surface area contributed by atoms with Gasteiger partial charge in [-0.2, -0.15) is 0 Å². The lowest BCUT2D eigenvalue weighted by molar-refractivity contribution is 0.0992. The summed E-state index contributed by atoms with van der Waals surface area (Å²) in [6, 6.07) is 12.2. The third-order valence-corrected chi connectivity index (χ3v) is 4.40. The molecule has 0 atom stereocenters. The van der Waals surface area contributed by atoms with Gasteiger partial charge in [-0.25, -0.2) is 0 Å². The van der Waals surface area contributed by atoms with Crippen molar-refractivity contribution < 1.29 is 4.79 Å². The molecule has 2 aromatic rings. The van der Waals surface area contributed by atoms with Crippen molar-refractivity contribution >= 4 is 22.4 Å². The zero-order valence-electron chi connectivity index (χ0n) is 12.8. The summed E-state index contributed by atoms with van der Waals surface area (Å²) in [7, 11) is 0. The molecule has 3 heteroatoms. The molecule has 3 rings (SSSR count). The summed E-state index contributed by atoms with van der Waals surface area (Å²) in [6.45, 7) is 8.34. The Morgan fingerprint density at radius 2 is 1.76 bits per heavy atom. The van der Waals surface area contributed by atoms with Gasteiger partial charge in [-0.15, -0.1) is 0 Å². The molecular weight excluding hydrogens is 260 g/mol. The molecule has 1 amide bonds. The second-order valence-electron chi connectivity index (χ2n) is 5.52. The third-order valence-electron chi connectivity index (χ3n) is 4.40. The first-order valence-electron chi connectivity index (χ1n) is 7.82. The SMILES string of the molecule is CCN(CC)CCCN1C(=O)c2cccc3cccc1c23. The van der Waals surface area contributed by atoms with Gasteiger partial charge in [0, 0.05) is 17.5 Å². The molecule has 0 fully saturated rings. The largest absolute Gasteiger partial charge is 0.308 e. The summed E-state index contributed by atoms with van der Waals surface area (Å²) < 4.78 is 0. The van der Waals surface area contributed by atoms with Crippen LogP contribution in [0.25, 0.3) is 10.8 Å². The number of amides is 1. The highest BCUT2D eigenvalue weighted by Gasteiger charge is 2.28. The van der Waals surface area contributed by atoms with Crippen molar-refractivity contribution in [2.24, 2.45) is 0 Å². The van der Waals surface area contributed by atoms with Crippen LogP contribution >= 0.6 is 0 Å². The predicted octanol–water partition coefficient (Wildman–Crippen LogP) is 3.53. The fourth-order valence-electron chi connectivity index (χ4n) is 3.19. The van der Waals surface area contributed by atoms with Crippen molar-refractivity contribution in [3.05, 3.63) is 42.0 Å².